The summed E-state index contributed by atoms with van der Waals surface area (Å²) in [4.78, 5) is 4.91. The second-order valence-corrected chi connectivity index (χ2v) is 6.25. The molecule has 4 heteroatoms. The van der Waals surface area contributed by atoms with E-state index in [2.05, 4.69) is 41.0 Å². The van der Waals surface area contributed by atoms with Gasteiger partial charge in [0.05, 0.1) is 25.2 Å². The highest BCUT2D eigenvalue weighted by Crippen LogP contribution is 2.28. The van der Waals surface area contributed by atoms with Gasteiger partial charge in [0.1, 0.15) is 0 Å². The number of hydrogen-bond donors (Lipinski definition) is 1. The van der Waals surface area contributed by atoms with Crippen LogP contribution in [0, 0.1) is 12.3 Å². The van der Waals surface area contributed by atoms with Crippen LogP contribution in [-0.2, 0) is 4.74 Å². The molecule has 0 aliphatic carbocycles. The van der Waals surface area contributed by atoms with Crippen molar-refractivity contribution in [2.45, 2.75) is 6.92 Å². The molecule has 0 saturated carbocycles. The molecule has 2 heterocycles. The third-order valence-electron chi connectivity index (χ3n) is 4.45. The van der Waals surface area contributed by atoms with Gasteiger partial charge in [0, 0.05) is 38.4 Å². The molecule has 2 fully saturated rings. The van der Waals surface area contributed by atoms with Crippen molar-refractivity contribution in [3.8, 4) is 0 Å². The first-order valence-corrected chi connectivity index (χ1v) is 7.43. The topological polar surface area (TPSA) is 35.9 Å². The largest absolute Gasteiger partial charge is 0.396 e. The average Bonchev–Trinajstić information content (AvgIpc) is 2.44. The van der Waals surface area contributed by atoms with E-state index < -0.39 is 0 Å². The summed E-state index contributed by atoms with van der Waals surface area (Å²) in [5.74, 6) is 0. The fourth-order valence-electron chi connectivity index (χ4n) is 3.09. The van der Waals surface area contributed by atoms with E-state index in [1.54, 1.807) is 0 Å². The predicted molar refractivity (Wildman–Crippen MR) is 80.2 cm³/mol. The molecule has 0 bridgehead atoms. The summed E-state index contributed by atoms with van der Waals surface area (Å²) in [6.45, 7) is 9.02. The number of benzene rings is 1. The Bertz CT molecular complexity index is 446. The van der Waals surface area contributed by atoms with Crippen molar-refractivity contribution in [3.63, 3.8) is 0 Å². The molecule has 2 saturated heterocycles. The number of piperazine rings is 1. The molecule has 110 valence electrons. The molecule has 20 heavy (non-hydrogen) atoms. The minimum atomic E-state index is 0.00546. The van der Waals surface area contributed by atoms with Crippen molar-refractivity contribution < 1.29 is 9.84 Å². The molecule has 0 aromatic heterocycles. The average molecular weight is 276 g/mol. The van der Waals surface area contributed by atoms with Gasteiger partial charge in [-0.25, -0.2) is 0 Å². The zero-order valence-electron chi connectivity index (χ0n) is 12.2. The zero-order valence-corrected chi connectivity index (χ0v) is 12.2. The van der Waals surface area contributed by atoms with Crippen molar-refractivity contribution in [2.75, 3.05) is 57.4 Å². The molecule has 0 spiro atoms. The maximum Gasteiger partial charge on any atom is 0.0579 e. The van der Waals surface area contributed by atoms with E-state index in [0.29, 0.717) is 13.2 Å². The number of hydrogen-bond acceptors (Lipinski definition) is 4. The van der Waals surface area contributed by atoms with Gasteiger partial charge in [-0.3, -0.25) is 4.90 Å². The molecule has 1 N–H and O–H groups in total. The van der Waals surface area contributed by atoms with Gasteiger partial charge in [-0.05, 0) is 24.6 Å². The summed E-state index contributed by atoms with van der Waals surface area (Å²) < 4.78 is 5.28. The van der Waals surface area contributed by atoms with E-state index in [0.717, 1.165) is 32.7 Å². The van der Waals surface area contributed by atoms with Gasteiger partial charge in [0.25, 0.3) is 0 Å². The second kappa shape index (κ2) is 5.72. The van der Waals surface area contributed by atoms with Crippen molar-refractivity contribution in [1.29, 1.82) is 0 Å². The van der Waals surface area contributed by atoms with Gasteiger partial charge in [0.2, 0.25) is 0 Å². The summed E-state index contributed by atoms with van der Waals surface area (Å²) in [6, 6.07) is 8.72. The fourth-order valence-corrected chi connectivity index (χ4v) is 3.09. The van der Waals surface area contributed by atoms with Crippen LogP contribution in [0.15, 0.2) is 24.3 Å². The summed E-state index contributed by atoms with van der Waals surface area (Å²) in [7, 11) is 0. The lowest BCUT2D eigenvalue weighted by atomic mass is 9.86. The number of anilines is 1. The highest BCUT2D eigenvalue weighted by molar-refractivity contribution is 5.48. The standard InChI is InChI=1S/C16H24N2O2/c1-14-3-2-4-15(9-14)18-7-5-17(6-8-18)10-16(11-19)12-20-13-16/h2-4,9,19H,5-8,10-13H2,1H3. The molecule has 0 amide bonds. The highest BCUT2D eigenvalue weighted by atomic mass is 16.5. The molecule has 1 aromatic carbocycles. The number of aliphatic hydroxyl groups is 1. The Labute approximate surface area is 120 Å². The van der Waals surface area contributed by atoms with E-state index in [-0.39, 0.29) is 12.0 Å². The molecule has 0 radical (unpaired) electrons. The van der Waals surface area contributed by atoms with Gasteiger partial charge < -0.3 is 14.7 Å². The van der Waals surface area contributed by atoms with E-state index in [1.807, 2.05) is 0 Å². The Hall–Kier alpha value is -1.10. The van der Waals surface area contributed by atoms with Crippen LogP contribution in [0.2, 0.25) is 0 Å². The van der Waals surface area contributed by atoms with Crippen molar-refractivity contribution >= 4 is 5.69 Å². The Balaban J connectivity index is 1.54. The van der Waals surface area contributed by atoms with Crippen molar-refractivity contribution in [3.05, 3.63) is 29.8 Å². The van der Waals surface area contributed by atoms with Crippen LogP contribution >= 0.6 is 0 Å². The molecule has 0 atom stereocenters. The zero-order chi connectivity index (χ0) is 14.0. The second-order valence-electron chi connectivity index (χ2n) is 6.25. The fraction of sp³-hybridized carbons (Fsp3) is 0.625. The van der Waals surface area contributed by atoms with Gasteiger partial charge in [-0.1, -0.05) is 12.1 Å². The van der Waals surface area contributed by atoms with Gasteiger partial charge in [-0.15, -0.1) is 0 Å². The van der Waals surface area contributed by atoms with E-state index >= 15 is 0 Å². The lowest BCUT2D eigenvalue weighted by molar-refractivity contribution is -0.148. The molecule has 0 unspecified atom stereocenters. The number of ether oxygens (including phenoxy) is 1. The number of rotatable bonds is 4. The summed E-state index contributed by atoms with van der Waals surface area (Å²) in [6.07, 6.45) is 0. The first kappa shape index (κ1) is 13.9. The van der Waals surface area contributed by atoms with Crippen molar-refractivity contribution in [2.24, 2.45) is 5.41 Å². The predicted octanol–water partition coefficient (Wildman–Crippen LogP) is 1.13. The number of aliphatic hydroxyl groups excluding tert-OH is 1. The van der Waals surface area contributed by atoms with E-state index in [9.17, 15) is 5.11 Å². The van der Waals surface area contributed by atoms with E-state index in [4.69, 9.17) is 4.74 Å². The molecule has 2 aliphatic rings. The normalized spacial score (nSPS) is 22.6. The van der Waals surface area contributed by atoms with Crippen LogP contribution in [-0.4, -0.2) is 62.6 Å². The van der Waals surface area contributed by atoms with Crippen LogP contribution in [0.25, 0.3) is 0 Å². The molecule has 2 aliphatic heterocycles. The van der Waals surface area contributed by atoms with Gasteiger partial charge in [0.15, 0.2) is 0 Å². The molecule has 3 rings (SSSR count). The Kier molecular flexibility index (Phi) is 3.96. The monoisotopic (exact) mass is 276 g/mol. The van der Waals surface area contributed by atoms with Crippen LogP contribution in [0.1, 0.15) is 5.56 Å². The third kappa shape index (κ3) is 2.82. The number of aryl methyl sites for hydroxylation is 1. The van der Waals surface area contributed by atoms with E-state index in [1.165, 1.54) is 11.3 Å². The lowest BCUT2D eigenvalue weighted by Gasteiger charge is -2.45. The molecule has 4 nitrogen and oxygen atoms in total. The smallest absolute Gasteiger partial charge is 0.0579 e. The minimum Gasteiger partial charge on any atom is -0.396 e. The quantitative estimate of drug-likeness (QED) is 0.894. The Morgan fingerprint density at radius 3 is 2.50 bits per heavy atom. The maximum atomic E-state index is 9.51. The van der Waals surface area contributed by atoms with Crippen LogP contribution in [0.3, 0.4) is 0 Å². The molecule has 1 aromatic rings. The van der Waals surface area contributed by atoms with Crippen LogP contribution < -0.4 is 4.90 Å². The minimum absolute atomic E-state index is 0.00546. The van der Waals surface area contributed by atoms with Gasteiger partial charge >= 0.3 is 0 Å². The Morgan fingerprint density at radius 1 is 1.20 bits per heavy atom. The SMILES string of the molecule is Cc1cccc(N2CCN(CC3(CO)COC3)CC2)c1. The third-order valence-corrected chi connectivity index (χ3v) is 4.45. The highest BCUT2D eigenvalue weighted by Gasteiger charge is 2.40. The summed E-state index contributed by atoms with van der Waals surface area (Å²) in [5, 5.41) is 9.51. The first-order valence-electron chi connectivity index (χ1n) is 7.43. The van der Waals surface area contributed by atoms with Gasteiger partial charge in [-0.2, -0.15) is 0 Å². The maximum absolute atomic E-state index is 9.51. The molecular weight excluding hydrogens is 252 g/mol. The van der Waals surface area contributed by atoms with Crippen LogP contribution in [0.4, 0.5) is 5.69 Å². The summed E-state index contributed by atoms with van der Waals surface area (Å²) in [5.41, 5.74) is 2.65. The summed E-state index contributed by atoms with van der Waals surface area (Å²) >= 11 is 0. The number of nitrogens with zero attached hydrogens (tertiary/aromatic N) is 2. The van der Waals surface area contributed by atoms with Crippen molar-refractivity contribution in [1.82, 2.24) is 4.90 Å². The Morgan fingerprint density at radius 2 is 1.95 bits per heavy atom. The lowest BCUT2D eigenvalue weighted by Crippen LogP contribution is -2.57. The first-order chi connectivity index (χ1) is 9.71. The van der Waals surface area contributed by atoms with Crippen LogP contribution in [0.5, 0.6) is 0 Å². The molecular formula is C16H24N2O2.